The molecule has 32 heavy (non-hydrogen) atoms. The number of carboxylic acid groups (broad SMARTS) is 1. The highest BCUT2D eigenvalue weighted by Crippen LogP contribution is 2.28. The fourth-order valence-electron chi connectivity index (χ4n) is 2.90. The van der Waals surface area contributed by atoms with Crippen LogP contribution in [0.5, 0.6) is 11.5 Å². The number of carbonyl (C=O) groups excluding carboxylic acids is 1. The smallest absolute Gasteiger partial charge is 0.322 e. The normalized spacial score (nSPS) is 11.3. The number of ether oxygens (including phenoxy) is 1. The lowest BCUT2D eigenvalue weighted by Gasteiger charge is -2.10. The van der Waals surface area contributed by atoms with Crippen LogP contribution in [0.15, 0.2) is 58.3 Å². The molecule has 1 amide bonds. The van der Waals surface area contributed by atoms with Crippen LogP contribution in [0.2, 0.25) is 0 Å². The number of sulfone groups is 1. The van der Waals surface area contributed by atoms with Crippen LogP contribution in [-0.2, 0) is 14.6 Å². The number of nitrogens with zero attached hydrogens (tertiary/aromatic N) is 1. The zero-order valence-electron chi connectivity index (χ0n) is 17.2. The number of aromatic nitrogens is 1. The standard InChI is InChI=1S/C22H22N2O7S/c1-2-3-10-31-15-4-6-16(7-5-15)32(29,30)17-8-9-18-14(11-17)12-19(25)21(24-18)22(28)23-13-20(26)27/h4-9,11-12,25H,2-3,10,13H2,1H3,(H,23,28)(H,26,27). The molecule has 1 aromatic heterocycles. The number of nitrogens with one attached hydrogen (secondary N) is 1. The molecule has 0 saturated heterocycles. The maximum atomic E-state index is 13.0. The Morgan fingerprint density at radius 2 is 1.75 bits per heavy atom. The van der Waals surface area contributed by atoms with E-state index in [1.54, 1.807) is 12.1 Å². The lowest BCUT2D eigenvalue weighted by atomic mass is 10.2. The first kappa shape index (κ1) is 23.0. The van der Waals surface area contributed by atoms with Gasteiger partial charge in [0.2, 0.25) is 9.84 Å². The van der Waals surface area contributed by atoms with E-state index in [9.17, 15) is 23.1 Å². The van der Waals surface area contributed by atoms with E-state index >= 15 is 0 Å². The number of amides is 1. The highest BCUT2D eigenvalue weighted by Gasteiger charge is 2.20. The number of unbranched alkanes of at least 4 members (excludes halogenated alkanes) is 1. The molecule has 0 aliphatic heterocycles. The number of aromatic hydroxyl groups is 1. The fraction of sp³-hybridized carbons (Fsp3) is 0.227. The van der Waals surface area contributed by atoms with Crippen LogP contribution < -0.4 is 10.1 Å². The van der Waals surface area contributed by atoms with Gasteiger partial charge >= 0.3 is 5.97 Å². The molecule has 10 heteroatoms. The minimum atomic E-state index is -3.84. The van der Waals surface area contributed by atoms with Gasteiger partial charge in [-0.05, 0) is 55.0 Å². The number of rotatable bonds is 9. The monoisotopic (exact) mass is 458 g/mol. The molecule has 0 fully saturated rings. The molecule has 0 aliphatic rings. The van der Waals surface area contributed by atoms with Gasteiger partial charge in [-0.1, -0.05) is 13.3 Å². The molecule has 1 heterocycles. The van der Waals surface area contributed by atoms with Crippen molar-refractivity contribution in [3.8, 4) is 11.5 Å². The van der Waals surface area contributed by atoms with Crippen molar-refractivity contribution in [1.82, 2.24) is 10.3 Å². The Morgan fingerprint density at radius 1 is 1.06 bits per heavy atom. The second-order valence-electron chi connectivity index (χ2n) is 6.96. The Labute approximate surface area is 184 Å². The van der Waals surface area contributed by atoms with E-state index in [-0.39, 0.29) is 21.0 Å². The maximum Gasteiger partial charge on any atom is 0.322 e. The van der Waals surface area contributed by atoms with Crippen molar-refractivity contribution in [2.24, 2.45) is 0 Å². The quantitative estimate of drug-likeness (QED) is 0.415. The van der Waals surface area contributed by atoms with Gasteiger partial charge in [0.05, 0.1) is 21.9 Å². The predicted molar refractivity (Wildman–Crippen MR) is 116 cm³/mol. The summed E-state index contributed by atoms with van der Waals surface area (Å²) in [4.78, 5) is 26.7. The number of benzene rings is 2. The molecule has 0 aliphatic carbocycles. The van der Waals surface area contributed by atoms with Crippen molar-refractivity contribution in [2.75, 3.05) is 13.2 Å². The van der Waals surface area contributed by atoms with Gasteiger partial charge in [0.1, 0.15) is 18.0 Å². The van der Waals surface area contributed by atoms with Crippen LogP contribution in [0.4, 0.5) is 0 Å². The molecule has 3 rings (SSSR count). The van der Waals surface area contributed by atoms with Gasteiger partial charge < -0.3 is 20.3 Å². The van der Waals surface area contributed by atoms with Gasteiger partial charge in [-0.15, -0.1) is 0 Å². The number of carboxylic acids is 1. The summed E-state index contributed by atoms with van der Waals surface area (Å²) in [5, 5.41) is 21.2. The number of carbonyl (C=O) groups is 2. The second-order valence-corrected chi connectivity index (χ2v) is 8.91. The summed E-state index contributed by atoms with van der Waals surface area (Å²) in [6.07, 6.45) is 1.90. The van der Waals surface area contributed by atoms with E-state index in [0.29, 0.717) is 17.7 Å². The predicted octanol–water partition coefficient (Wildman–Crippen LogP) is 2.77. The third kappa shape index (κ3) is 5.14. The van der Waals surface area contributed by atoms with Crippen molar-refractivity contribution < 1.29 is 33.0 Å². The highest BCUT2D eigenvalue weighted by molar-refractivity contribution is 7.91. The van der Waals surface area contributed by atoms with Crippen LogP contribution in [0, 0.1) is 0 Å². The summed E-state index contributed by atoms with van der Waals surface area (Å²) >= 11 is 0. The summed E-state index contributed by atoms with van der Waals surface area (Å²) in [5.41, 5.74) is -0.0880. The minimum Gasteiger partial charge on any atom is -0.505 e. The number of aliphatic carboxylic acids is 1. The third-order valence-electron chi connectivity index (χ3n) is 4.59. The lowest BCUT2D eigenvalue weighted by molar-refractivity contribution is -0.135. The summed E-state index contributed by atoms with van der Waals surface area (Å²) in [6.45, 7) is 1.98. The van der Waals surface area contributed by atoms with Crippen molar-refractivity contribution >= 4 is 32.6 Å². The molecular formula is C22H22N2O7S. The molecule has 3 aromatic rings. The van der Waals surface area contributed by atoms with E-state index in [2.05, 4.69) is 10.3 Å². The number of hydrogen-bond donors (Lipinski definition) is 3. The number of pyridine rings is 1. The van der Waals surface area contributed by atoms with Crippen molar-refractivity contribution in [3.63, 3.8) is 0 Å². The molecule has 0 radical (unpaired) electrons. The lowest BCUT2D eigenvalue weighted by Crippen LogP contribution is -2.29. The van der Waals surface area contributed by atoms with Crippen LogP contribution >= 0.6 is 0 Å². The number of fused-ring (bicyclic) bond motifs is 1. The number of hydrogen-bond acceptors (Lipinski definition) is 7. The summed E-state index contributed by atoms with van der Waals surface area (Å²) in [7, 11) is -3.84. The van der Waals surface area contributed by atoms with E-state index in [1.807, 2.05) is 6.92 Å². The molecule has 9 nitrogen and oxygen atoms in total. The fourth-order valence-corrected chi connectivity index (χ4v) is 4.20. The van der Waals surface area contributed by atoms with Gasteiger partial charge in [0.25, 0.3) is 5.91 Å². The van der Waals surface area contributed by atoms with Crippen molar-refractivity contribution in [3.05, 3.63) is 54.2 Å². The Bertz CT molecular complexity index is 1260. The van der Waals surface area contributed by atoms with Gasteiger partial charge in [-0.3, -0.25) is 9.59 Å². The van der Waals surface area contributed by atoms with Crippen LogP contribution in [-0.4, -0.2) is 48.6 Å². The van der Waals surface area contributed by atoms with Crippen molar-refractivity contribution in [1.29, 1.82) is 0 Å². The van der Waals surface area contributed by atoms with Crippen molar-refractivity contribution in [2.45, 2.75) is 29.6 Å². The summed E-state index contributed by atoms with van der Waals surface area (Å²) < 4.78 is 31.6. The average molecular weight is 458 g/mol. The molecule has 0 unspecified atom stereocenters. The Morgan fingerprint density at radius 3 is 2.41 bits per heavy atom. The molecule has 0 atom stereocenters. The van der Waals surface area contributed by atoms with Crippen LogP contribution in [0.25, 0.3) is 10.9 Å². The largest absolute Gasteiger partial charge is 0.505 e. The van der Waals surface area contributed by atoms with E-state index < -0.39 is 34.0 Å². The second kappa shape index (κ2) is 9.65. The van der Waals surface area contributed by atoms with Gasteiger partial charge in [-0.2, -0.15) is 0 Å². The molecular weight excluding hydrogens is 436 g/mol. The van der Waals surface area contributed by atoms with Crippen LogP contribution in [0.1, 0.15) is 30.3 Å². The summed E-state index contributed by atoms with van der Waals surface area (Å²) in [6, 6.07) is 11.4. The zero-order valence-corrected chi connectivity index (χ0v) is 18.1. The minimum absolute atomic E-state index is 0.00562. The Kier molecular flexibility index (Phi) is 6.94. The first-order chi connectivity index (χ1) is 15.2. The Hall–Kier alpha value is -3.66. The maximum absolute atomic E-state index is 13.0. The highest BCUT2D eigenvalue weighted by atomic mass is 32.2. The first-order valence-corrected chi connectivity index (χ1v) is 11.3. The third-order valence-corrected chi connectivity index (χ3v) is 6.36. The van der Waals surface area contributed by atoms with E-state index in [4.69, 9.17) is 9.84 Å². The topological polar surface area (TPSA) is 143 Å². The van der Waals surface area contributed by atoms with E-state index in [1.165, 1.54) is 36.4 Å². The molecule has 3 N–H and O–H groups in total. The van der Waals surface area contributed by atoms with Crippen LogP contribution in [0.3, 0.4) is 0 Å². The molecule has 0 bridgehead atoms. The van der Waals surface area contributed by atoms with E-state index in [0.717, 1.165) is 12.8 Å². The van der Waals surface area contributed by atoms with Gasteiger partial charge in [-0.25, -0.2) is 13.4 Å². The first-order valence-electron chi connectivity index (χ1n) is 9.84. The summed E-state index contributed by atoms with van der Waals surface area (Å²) in [5.74, 6) is -2.01. The molecule has 168 valence electrons. The average Bonchev–Trinajstić information content (AvgIpc) is 2.77. The molecule has 0 spiro atoms. The SMILES string of the molecule is CCCCOc1ccc(S(=O)(=O)c2ccc3nc(C(=O)NCC(=O)O)c(O)cc3c2)cc1. The molecule has 2 aromatic carbocycles. The molecule has 0 saturated carbocycles. The van der Waals surface area contributed by atoms with Gasteiger partial charge in [0, 0.05) is 5.39 Å². The van der Waals surface area contributed by atoms with Gasteiger partial charge in [0.15, 0.2) is 5.69 Å². The Balaban J connectivity index is 1.88. The zero-order chi connectivity index (χ0) is 23.3.